The van der Waals surface area contributed by atoms with Crippen molar-refractivity contribution in [3.05, 3.63) is 182 Å². The first-order chi connectivity index (χ1) is 24.3. The van der Waals surface area contributed by atoms with Crippen molar-refractivity contribution in [3.63, 3.8) is 0 Å². The molecule has 0 saturated heterocycles. The number of rotatable bonds is 5. The third-order valence-electron chi connectivity index (χ3n) is 9.75. The highest BCUT2D eigenvalue weighted by molar-refractivity contribution is 6.23. The van der Waals surface area contributed by atoms with Gasteiger partial charge in [-0.15, -0.1) is 0 Å². The first-order valence-electron chi connectivity index (χ1n) is 16.7. The van der Waals surface area contributed by atoms with Crippen molar-refractivity contribution in [3.8, 4) is 16.8 Å². The first kappa shape index (κ1) is 27.5. The molecule has 0 radical (unpaired) electrons. The van der Waals surface area contributed by atoms with Crippen molar-refractivity contribution in [1.29, 1.82) is 0 Å². The zero-order valence-electron chi connectivity index (χ0n) is 26.6. The van der Waals surface area contributed by atoms with E-state index in [0.717, 1.165) is 39.0 Å². The number of para-hydroxylation sites is 4. The van der Waals surface area contributed by atoms with E-state index in [1.54, 1.807) is 0 Å². The fourth-order valence-corrected chi connectivity index (χ4v) is 7.54. The van der Waals surface area contributed by atoms with Crippen LogP contribution in [0.4, 0.5) is 17.1 Å². The summed E-state index contributed by atoms with van der Waals surface area (Å²) in [4.78, 5) is 2.32. The maximum atomic E-state index is 6.67. The second-order valence-corrected chi connectivity index (χ2v) is 12.6. The number of anilines is 3. The monoisotopic (exact) mass is 626 g/mol. The van der Waals surface area contributed by atoms with Crippen LogP contribution in [0.5, 0.6) is 0 Å². The SMILES string of the molecule is c1ccc(N(c2ccc(-c3ccc4c(c3)c3ccccc3n4-c3ccccc3)cc2)c2cc3ccccc3c3c2oc2ccccc23)cc1. The molecule has 0 aliphatic rings. The van der Waals surface area contributed by atoms with Gasteiger partial charge in [-0.1, -0.05) is 115 Å². The summed E-state index contributed by atoms with van der Waals surface area (Å²) in [5.74, 6) is 0. The molecule has 2 aromatic heterocycles. The number of furan rings is 1. The average molecular weight is 627 g/mol. The maximum Gasteiger partial charge on any atom is 0.160 e. The minimum absolute atomic E-state index is 0.882. The Morgan fingerprint density at radius 3 is 1.86 bits per heavy atom. The molecule has 49 heavy (non-hydrogen) atoms. The van der Waals surface area contributed by atoms with Crippen molar-refractivity contribution in [2.24, 2.45) is 0 Å². The smallest absolute Gasteiger partial charge is 0.160 e. The largest absolute Gasteiger partial charge is 0.454 e. The van der Waals surface area contributed by atoms with Crippen LogP contribution < -0.4 is 4.90 Å². The summed E-state index contributed by atoms with van der Waals surface area (Å²) in [6, 6.07) is 64.8. The van der Waals surface area contributed by atoms with E-state index in [1.807, 2.05) is 6.07 Å². The van der Waals surface area contributed by atoms with Gasteiger partial charge in [0.2, 0.25) is 0 Å². The van der Waals surface area contributed by atoms with E-state index in [4.69, 9.17) is 4.42 Å². The van der Waals surface area contributed by atoms with Crippen molar-refractivity contribution in [2.45, 2.75) is 0 Å². The molecular formula is C46H30N2O. The van der Waals surface area contributed by atoms with E-state index in [0.29, 0.717) is 0 Å². The second kappa shape index (κ2) is 11.0. The summed E-state index contributed by atoms with van der Waals surface area (Å²) < 4.78 is 9.03. The summed E-state index contributed by atoms with van der Waals surface area (Å²) in [6.45, 7) is 0. The molecule has 0 unspecified atom stereocenters. The molecule has 0 spiro atoms. The summed E-state index contributed by atoms with van der Waals surface area (Å²) in [5, 5.41) is 7.14. The predicted octanol–water partition coefficient (Wildman–Crippen LogP) is 13.0. The lowest BCUT2D eigenvalue weighted by Crippen LogP contribution is -2.10. The Morgan fingerprint density at radius 1 is 0.429 bits per heavy atom. The van der Waals surface area contributed by atoms with Crippen molar-refractivity contribution in [2.75, 3.05) is 4.90 Å². The second-order valence-electron chi connectivity index (χ2n) is 12.6. The van der Waals surface area contributed by atoms with E-state index >= 15 is 0 Å². The fourth-order valence-electron chi connectivity index (χ4n) is 7.54. The molecule has 0 aliphatic heterocycles. The molecule has 2 heterocycles. The zero-order chi connectivity index (χ0) is 32.3. The first-order valence-corrected chi connectivity index (χ1v) is 16.7. The van der Waals surface area contributed by atoms with Crippen LogP contribution >= 0.6 is 0 Å². The van der Waals surface area contributed by atoms with E-state index < -0.39 is 0 Å². The van der Waals surface area contributed by atoms with E-state index in [9.17, 15) is 0 Å². The highest BCUT2D eigenvalue weighted by Crippen LogP contribution is 2.45. The summed E-state index contributed by atoms with van der Waals surface area (Å²) >= 11 is 0. The van der Waals surface area contributed by atoms with Crippen LogP contribution in [0.1, 0.15) is 0 Å². The van der Waals surface area contributed by atoms with Gasteiger partial charge >= 0.3 is 0 Å². The molecule has 8 aromatic carbocycles. The van der Waals surface area contributed by atoms with Crippen LogP contribution in [0.15, 0.2) is 186 Å². The molecule has 10 aromatic rings. The molecule has 0 atom stereocenters. The minimum atomic E-state index is 0.882. The molecule has 0 saturated carbocycles. The van der Waals surface area contributed by atoms with Gasteiger partial charge in [0, 0.05) is 38.6 Å². The van der Waals surface area contributed by atoms with Crippen LogP contribution in [-0.4, -0.2) is 4.57 Å². The van der Waals surface area contributed by atoms with Crippen LogP contribution in [0, 0.1) is 0 Å². The number of nitrogens with zero attached hydrogens (tertiary/aromatic N) is 2. The molecule has 3 heteroatoms. The molecule has 0 N–H and O–H groups in total. The Balaban J connectivity index is 1.13. The number of aromatic nitrogens is 1. The molecule has 230 valence electrons. The number of benzene rings is 8. The zero-order valence-corrected chi connectivity index (χ0v) is 26.6. The summed E-state index contributed by atoms with van der Waals surface area (Å²) in [7, 11) is 0. The van der Waals surface area contributed by atoms with Crippen molar-refractivity contribution < 1.29 is 4.42 Å². The van der Waals surface area contributed by atoms with Gasteiger partial charge in [0.15, 0.2) is 5.58 Å². The lowest BCUT2D eigenvalue weighted by Gasteiger charge is -2.26. The Labute approximate surface area is 283 Å². The molecule has 0 amide bonds. The highest BCUT2D eigenvalue weighted by Gasteiger charge is 2.22. The van der Waals surface area contributed by atoms with Gasteiger partial charge in [0.1, 0.15) is 5.58 Å². The topological polar surface area (TPSA) is 21.3 Å². The lowest BCUT2D eigenvalue weighted by atomic mass is 10.0. The van der Waals surface area contributed by atoms with E-state index in [1.165, 1.54) is 49.4 Å². The normalized spacial score (nSPS) is 11.7. The predicted molar refractivity (Wildman–Crippen MR) is 206 cm³/mol. The van der Waals surface area contributed by atoms with Gasteiger partial charge in [-0.2, -0.15) is 0 Å². The fraction of sp³-hybridized carbons (Fsp3) is 0. The standard InChI is InChI=1S/C46H30N2O/c1-3-14-34(15-4-1)47(43-30-33-13-7-8-18-37(33)45-39-20-10-12-22-44(39)49-46(43)45)36-26-23-31(24-27-36)32-25-28-42-40(29-32)38-19-9-11-21-41(38)48(42)35-16-5-2-6-17-35/h1-30H. The molecule has 3 nitrogen and oxygen atoms in total. The quantitative estimate of drug-likeness (QED) is 0.190. The van der Waals surface area contributed by atoms with Gasteiger partial charge in [-0.3, -0.25) is 0 Å². The highest BCUT2D eigenvalue weighted by atomic mass is 16.3. The van der Waals surface area contributed by atoms with Crippen LogP contribution in [0.2, 0.25) is 0 Å². The minimum Gasteiger partial charge on any atom is -0.454 e. The number of hydrogen-bond donors (Lipinski definition) is 0. The van der Waals surface area contributed by atoms with Gasteiger partial charge in [0.25, 0.3) is 0 Å². The van der Waals surface area contributed by atoms with Crippen LogP contribution in [0.25, 0.3) is 71.3 Å². The van der Waals surface area contributed by atoms with Crippen LogP contribution in [-0.2, 0) is 0 Å². The summed E-state index contributed by atoms with van der Waals surface area (Å²) in [6.07, 6.45) is 0. The molecular weight excluding hydrogens is 597 g/mol. The van der Waals surface area contributed by atoms with Crippen molar-refractivity contribution >= 4 is 71.6 Å². The summed E-state index contributed by atoms with van der Waals surface area (Å²) in [5.41, 5.74) is 10.9. The molecule has 0 aliphatic carbocycles. The Hall–Kier alpha value is -6.58. The van der Waals surface area contributed by atoms with Gasteiger partial charge in [0.05, 0.1) is 16.7 Å². The number of fused-ring (bicyclic) bond motifs is 8. The molecule has 0 fully saturated rings. The Bertz CT molecular complexity index is 2810. The number of hydrogen-bond acceptors (Lipinski definition) is 2. The van der Waals surface area contributed by atoms with Crippen LogP contribution in [0.3, 0.4) is 0 Å². The third-order valence-corrected chi connectivity index (χ3v) is 9.75. The molecule has 0 bridgehead atoms. The maximum absolute atomic E-state index is 6.67. The van der Waals surface area contributed by atoms with E-state index in [-0.39, 0.29) is 0 Å². The van der Waals surface area contributed by atoms with Gasteiger partial charge in [-0.05, 0) is 88.6 Å². The Kier molecular flexibility index (Phi) is 6.18. The molecule has 10 rings (SSSR count). The van der Waals surface area contributed by atoms with Gasteiger partial charge in [-0.25, -0.2) is 0 Å². The van der Waals surface area contributed by atoms with Crippen molar-refractivity contribution in [1.82, 2.24) is 4.57 Å². The third kappa shape index (κ3) is 4.37. The van der Waals surface area contributed by atoms with Gasteiger partial charge < -0.3 is 13.9 Å². The lowest BCUT2D eigenvalue weighted by molar-refractivity contribution is 0.669. The van der Waals surface area contributed by atoms with E-state index in [2.05, 4.69) is 185 Å². The average Bonchev–Trinajstić information content (AvgIpc) is 3.73. The Morgan fingerprint density at radius 2 is 1.04 bits per heavy atom.